The first-order valence-corrected chi connectivity index (χ1v) is 4.95. The van der Waals surface area contributed by atoms with Crippen LogP contribution >= 0.6 is 0 Å². The third kappa shape index (κ3) is 1.69. The molecule has 0 aromatic carbocycles. The van der Waals surface area contributed by atoms with E-state index < -0.39 is 0 Å². The average molecular weight is 160 g/mol. The number of allylic oxidation sites excluding steroid dienone is 6. The zero-order valence-electron chi connectivity index (χ0n) is 7.45. The second kappa shape index (κ2) is 3.75. The molecular weight excluding hydrogens is 144 g/mol. The Labute approximate surface area is 74.7 Å². The van der Waals surface area contributed by atoms with E-state index >= 15 is 0 Å². The van der Waals surface area contributed by atoms with Crippen LogP contribution in [0.4, 0.5) is 0 Å². The summed E-state index contributed by atoms with van der Waals surface area (Å²) in [6.45, 7) is 0. The average Bonchev–Trinajstić information content (AvgIpc) is 2.21. The lowest BCUT2D eigenvalue weighted by Crippen LogP contribution is -2.14. The monoisotopic (exact) mass is 160 g/mol. The van der Waals surface area contributed by atoms with E-state index in [2.05, 4.69) is 36.5 Å². The van der Waals surface area contributed by atoms with Gasteiger partial charge in [-0.25, -0.2) is 0 Å². The van der Waals surface area contributed by atoms with Gasteiger partial charge in [0.2, 0.25) is 0 Å². The Morgan fingerprint density at radius 1 is 0.917 bits per heavy atom. The summed E-state index contributed by atoms with van der Waals surface area (Å²) in [4.78, 5) is 0. The second-order valence-corrected chi connectivity index (χ2v) is 3.76. The predicted octanol–water partition coefficient (Wildman–Crippen LogP) is 3.48. The van der Waals surface area contributed by atoms with E-state index in [1.807, 2.05) is 0 Å². The Morgan fingerprint density at radius 3 is 2.58 bits per heavy atom. The SMILES string of the molecule is C1=CC[C@H]([C@@H]2CC=CCC2)C=C1. The molecule has 0 amide bonds. The molecule has 0 aliphatic heterocycles. The fourth-order valence-electron chi connectivity index (χ4n) is 2.16. The molecule has 0 aromatic heterocycles. The number of hydrogen-bond donors (Lipinski definition) is 0. The van der Waals surface area contributed by atoms with Crippen molar-refractivity contribution in [3.05, 3.63) is 36.5 Å². The molecule has 0 radical (unpaired) electrons. The van der Waals surface area contributed by atoms with Crippen molar-refractivity contribution in [3.8, 4) is 0 Å². The third-order valence-electron chi connectivity index (χ3n) is 2.93. The highest BCUT2D eigenvalue weighted by Gasteiger charge is 2.18. The zero-order valence-corrected chi connectivity index (χ0v) is 7.45. The van der Waals surface area contributed by atoms with Crippen molar-refractivity contribution in [1.82, 2.24) is 0 Å². The normalized spacial score (nSPS) is 34.0. The van der Waals surface area contributed by atoms with E-state index in [-0.39, 0.29) is 0 Å². The Kier molecular flexibility index (Phi) is 2.45. The van der Waals surface area contributed by atoms with Crippen molar-refractivity contribution in [3.63, 3.8) is 0 Å². The van der Waals surface area contributed by atoms with Crippen LogP contribution in [-0.4, -0.2) is 0 Å². The molecule has 0 aromatic rings. The lowest BCUT2D eigenvalue weighted by molar-refractivity contribution is 0.365. The van der Waals surface area contributed by atoms with E-state index in [1.165, 1.54) is 25.7 Å². The highest BCUT2D eigenvalue weighted by molar-refractivity contribution is 5.12. The van der Waals surface area contributed by atoms with Crippen LogP contribution in [0, 0.1) is 11.8 Å². The summed E-state index contributed by atoms with van der Waals surface area (Å²) >= 11 is 0. The van der Waals surface area contributed by atoms with Gasteiger partial charge in [-0.2, -0.15) is 0 Å². The van der Waals surface area contributed by atoms with Crippen molar-refractivity contribution in [2.45, 2.75) is 25.7 Å². The third-order valence-corrected chi connectivity index (χ3v) is 2.93. The molecule has 0 N–H and O–H groups in total. The first-order valence-electron chi connectivity index (χ1n) is 4.95. The van der Waals surface area contributed by atoms with Gasteiger partial charge in [0.25, 0.3) is 0 Å². The summed E-state index contributed by atoms with van der Waals surface area (Å²) in [7, 11) is 0. The maximum Gasteiger partial charge on any atom is -0.0164 e. The topological polar surface area (TPSA) is 0 Å². The van der Waals surface area contributed by atoms with Crippen LogP contribution in [0.25, 0.3) is 0 Å². The Balaban J connectivity index is 1.95. The van der Waals surface area contributed by atoms with Crippen molar-refractivity contribution in [2.24, 2.45) is 11.8 Å². The summed E-state index contributed by atoms with van der Waals surface area (Å²) in [5.74, 6) is 1.73. The van der Waals surface area contributed by atoms with Gasteiger partial charge in [-0.3, -0.25) is 0 Å². The fraction of sp³-hybridized carbons (Fsp3) is 0.500. The molecule has 0 fully saturated rings. The molecule has 2 rings (SSSR count). The van der Waals surface area contributed by atoms with Crippen molar-refractivity contribution >= 4 is 0 Å². The molecule has 2 aliphatic rings. The lowest BCUT2D eigenvalue weighted by atomic mass is 9.80. The van der Waals surface area contributed by atoms with Gasteiger partial charge < -0.3 is 0 Å². The van der Waals surface area contributed by atoms with Gasteiger partial charge in [0.1, 0.15) is 0 Å². The summed E-state index contributed by atoms with van der Waals surface area (Å²) in [5.41, 5.74) is 0. The summed E-state index contributed by atoms with van der Waals surface area (Å²) in [6.07, 6.45) is 18.9. The Bertz CT molecular complexity index is 220. The lowest BCUT2D eigenvalue weighted by Gasteiger charge is -2.25. The van der Waals surface area contributed by atoms with Crippen molar-refractivity contribution in [2.75, 3.05) is 0 Å². The van der Waals surface area contributed by atoms with E-state index in [0.717, 1.165) is 11.8 Å². The molecule has 0 heterocycles. The quantitative estimate of drug-likeness (QED) is 0.515. The summed E-state index contributed by atoms with van der Waals surface area (Å²) in [6, 6.07) is 0. The first-order chi connectivity index (χ1) is 5.97. The Morgan fingerprint density at radius 2 is 1.92 bits per heavy atom. The Hall–Kier alpha value is -0.780. The maximum atomic E-state index is 2.38. The highest BCUT2D eigenvalue weighted by atomic mass is 14.2. The van der Waals surface area contributed by atoms with Crippen LogP contribution < -0.4 is 0 Å². The van der Waals surface area contributed by atoms with Crippen LogP contribution in [0.2, 0.25) is 0 Å². The van der Waals surface area contributed by atoms with Gasteiger partial charge in [0, 0.05) is 0 Å². The van der Waals surface area contributed by atoms with Crippen LogP contribution in [-0.2, 0) is 0 Å². The van der Waals surface area contributed by atoms with E-state index in [0.29, 0.717) is 0 Å². The van der Waals surface area contributed by atoms with Crippen molar-refractivity contribution in [1.29, 1.82) is 0 Å². The van der Waals surface area contributed by atoms with Crippen LogP contribution in [0.3, 0.4) is 0 Å². The smallest absolute Gasteiger partial charge is 0.0164 e. The minimum absolute atomic E-state index is 0.819. The van der Waals surface area contributed by atoms with Gasteiger partial charge in [-0.1, -0.05) is 36.5 Å². The van der Waals surface area contributed by atoms with Gasteiger partial charge in [-0.15, -0.1) is 0 Å². The fourth-order valence-corrected chi connectivity index (χ4v) is 2.16. The van der Waals surface area contributed by atoms with Gasteiger partial charge in [0.05, 0.1) is 0 Å². The molecule has 2 atom stereocenters. The molecule has 0 spiro atoms. The number of rotatable bonds is 1. The molecule has 2 aliphatic carbocycles. The van der Waals surface area contributed by atoms with E-state index in [1.54, 1.807) is 0 Å². The summed E-state index contributed by atoms with van der Waals surface area (Å²) < 4.78 is 0. The molecule has 64 valence electrons. The molecule has 0 nitrogen and oxygen atoms in total. The van der Waals surface area contributed by atoms with Crippen LogP contribution in [0.15, 0.2) is 36.5 Å². The minimum Gasteiger partial charge on any atom is -0.0885 e. The van der Waals surface area contributed by atoms with Gasteiger partial charge in [0.15, 0.2) is 0 Å². The predicted molar refractivity (Wildman–Crippen MR) is 52.9 cm³/mol. The largest absolute Gasteiger partial charge is 0.0885 e. The molecule has 12 heavy (non-hydrogen) atoms. The standard InChI is InChI=1S/C12H16/c1-3-7-11(8-4-1)12-9-5-2-6-10-12/h1-5,7,11-12H,6,8-10H2/t11-,12-/m1/s1. The van der Waals surface area contributed by atoms with Crippen molar-refractivity contribution < 1.29 is 0 Å². The van der Waals surface area contributed by atoms with E-state index in [4.69, 9.17) is 0 Å². The molecule has 0 heteroatoms. The molecule has 0 saturated heterocycles. The minimum atomic E-state index is 0.819. The zero-order chi connectivity index (χ0) is 8.23. The molecule has 0 saturated carbocycles. The highest BCUT2D eigenvalue weighted by Crippen LogP contribution is 2.30. The van der Waals surface area contributed by atoms with Crippen LogP contribution in [0.1, 0.15) is 25.7 Å². The number of hydrogen-bond acceptors (Lipinski definition) is 0. The van der Waals surface area contributed by atoms with Gasteiger partial charge >= 0.3 is 0 Å². The first kappa shape index (κ1) is 7.85. The molecular formula is C12H16. The maximum absolute atomic E-state index is 2.38. The molecule has 0 bridgehead atoms. The van der Waals surface area contributed by atoms with Crippen LogP contribution in [0.5, 0.6) is 0 Å². The van der Waals surface area contributed by atoms with E-state index in [9.17, 15) is 0 Å². The van der Waals surface area contributed by atoms with Gasteiger partial charge in [-0.05, 0) is 37.5 Å². The second-order valence-electron chi connectivity index (χ2n) is 3.76. The molecule has 0 unspecified atom stereocenters. The summed E-state index contributed by atoms with van der Waals surface area (Å²) in [5, 5.41) is 0.